The molecule has 0 bridgehead atoms. The molecule has 156 valence electrons. The first-order valence-corrected chi connectivity index (χ1v) is 10.5. The van der Waals surface area contributed by atoms with Gasteiger partial charge < -0.3 is 9.80 Å². The van der Waals surface area contributed by atoms with Gasteiger partial charge in [-0.15, -0.1) is 0 Å². The summed E-state index contributed by atoms with van der Waals surface area (Å²) in [5.41, 5.74) is 0.577. The Morgan fingerprint density at radius 3 is 2.36 bits per heavy atom. The number of carbonyl (C=O) groups excluding carboxylic acids is 1. The summed E-state index contributed by atoms with van der Waals surface area (Å²) in [6.07, 6.45) is -4.02. The van der Waals surface area contributed by atoms with Crippen molar-refractivity contribution in [2.45, 2.75) is 23.5 Å². The fourth-order valence-electron chi connectivity index (χ4n) is 3.76. The van der Waals surface area contributed by atoms with Gasteiger partial charge in [-0.3, -0.25) is 9.69 Å². The van der Waals surface area contributed by atoms with Crippen LogP contribution in [0.15, 0.2) is 29.2 Å². The quantitative estimate of drug-likeness (QED) is 0.766. The third-order valence-corrected chi connectivity index (χ3v) is 6.62. The van der Waals surface area contributed by atoms with Gasteiger partial charge in [0, 0.05) is 32.7 Å². The minimum absolute atomic E-state index is 0.104. The van der Waals surface area contributed by atoms with Crippen LogP contribution < -0.4 is 9.62 Å². The van der Waals surface area contributed by atoms with Crippen LogP contribution in [0.1, 0.15) is 6.42 Å². The van der Waals surface area contributed by atoms with Crippen LogP contribution in [0.4, 0.5) is 18.9 Å². The number of amides is 1. The van der Waals surface area contributed by atoms with Crippen molar-refractivity contribution in [3.63, 3.8) is 0 Å². The molecule has 1 unspecified atom stereocenters. The summed E-state index contributed by atoms with van der Waals surface area (Å²) in [5, 5.41) is 0. The molecule has 2 saturated heterocycles. The molecule has 7 nitrogen and oxygen atoms in total. The number of hydrogen-bond donors (Lipinski definition) is 1. The molecule has 2 heterocycles. The van der Waals surface area contributed by atoms with Crippen molar-refractivity contribution in [3.8, 4) is 0 Å². The van der Waals surface area contributed by atoms with Gasteiger partial charge in [0.25, 0.3) is 0 Å². The molecule has 0 spiro atoms. The minimum atomic E-state index is -4.40. The average molecular weight is 420 g/mol. The largest absolute Gasteiger partial charge is 0.406 e. The normalized spacial score (nSPS) is 22.1. The molecule has 0 aromatic heterocycles. The third kappa shape index (κ3) is 4.41. The van der Waals surface area contributed by atoms with Crippen LogP contribution in [0, 0.1) is 0 Å². The second kappa shape index (κ2) is 7.88. The van der Waals surface area contributed by atoms with E-state index in [4.69, 9.17) is 0 Å². The van der Waals surface area contributed by atoms with Gasteiger partial charge >= 0.3 is 6.18 Å². The first-order valence-electron chi connectivity index (χ1n) is 8.99. The third-order valence-electron chi connectivity index (χ3n) is 5.16. The summed E-state index contributed by atoms with van der Waals surface area (Å²) in [6.45, 7) is 0.816. The smallest absolute Gasteiger partial charge is 0.368 e. The van der Waals surface area contributed by atoms with Crippen LogP contribution in [0.2, 0.25) is 0 Å². The summed E-state index contributed by atoms with van der Waals surface area (Å²) in [5.74, 6) is -0.482. The number of likely N-dealkylation sites (tertiary alicyclic amines) is 1. The molecule has 1 N–H and O–H groups in total. The minimum Gasteiger partial charge on any atom is -0.368 e. The summed E-state index contributed by atoms with van der Waals surface area (Å²) >= 11 is 0. The molecule has 2 aliphatic rings. The van der Waals surface area contributed by atoms with Gasteiger partial charge in [0.05, 0.1) is 11.7 Å². The van der Waals surface area contributed by atoms with Gasteiger partial charge in [0.15, 0.2) is 0 Å². The van der Waals surface area contributed by atoms with E-state index in [2.05, 4.69) is 4.72 Å². The lowest BCUT2D eigenvalue weighted by molar-refractivity contribution is -0.159. The molecule has 0 aliphatic carbocycles. The zero-order valence-corrected chi connectivity index (χ0v) is 16.3. The van der Waals surface area contributed by atoms with Crippen molar-refractivity contribution < 1.29 is 26.4 Å². The Balaban J connectivity index is 1.66. The molecule has 28 heavy (non-hydrogen) atoms. The van der Waals surface area contributed by atoms with Crippen LogP contribution in [0.3, 0.4) is 0 Å². The molecule has 11 heteroatoms. The van der Waals surface area contributed by atoms with Gasteiger partial charge in [0.2, 0.25) is 15.9 Å². The SMILES string of the molecule is CNS(=O)(=O)c1ccccc1N1CCN(C2CCN(CC(F)(F)F)C2=O)CC1. The van der Waals surface area contributed by atoms with E-state index in [1.807, 2.05) is 9.80 Å². The van der Waals surface area contributed by atoms with E-state index in [-0.39, 0.29) is 11.4 Å². The first kappa shape index (κ1) is 20.9. The van der Waals surface area contributed by atoms with Gasteiger partial charge in [-0.2, -0.15) is 13.2 Å². The molecule has 3 rings (SSSR count). The van der Waals surface area contributed by atoms with Crippen LogP contribution in [-0.4, -0.2) is 82.7 Å². The molecule has 2 aliphatic heterocycles. The highest BCUT2D eigenvalue weighted by Crippen LogP contribution is 2.28. The van der Waals surface area contributed by atoms with E-state index in [0.29, 0.717) is 38.3 Å². The number of hydrogen-bond acceptors (Lipinski definition) is 5. The van der Waals surface area contributed by atoms with E-state index in [1.165, 1.54) is 13.1 Å². The van der Waals surface area contributed by atoms with E-state index >= 15 is 0 Å². The van der Waals surface area contributed by atoms with Crippen molar-refractivity contribution in [2.75, 3.05) is 51.2 Å². The van der Waals surface area contributed by atoms with Crippen molar-refractivity contribution >= 4 is 21.6 Å². The Morgan fingerprint density at radius 2 is 1.75 bits per heavy atom. The van der Waals surface area contributed by atoms with Crippen molar-refractivity contribution in [1.82, 2.24) is 14.5 Å². The molecular weight excluding hydrogens is 397 g/mol. The fourth-order valence-corrected chi connectivity index (χ4v) is 4.71. The maximum Gasteiger partial charge on any atom is 0.406 e. The van der Waals surface area contributed by atoms with Crippen molar-refractivity contribution in [1.29, 1.82) is 0 Å². The second-order valence-electron chi connectivity index (χ2n) is 6.88. The van der Waals surface area contributed by atoms with Crippen LogP contribution in [0.25, 0.3) is 0 Å². The van der Waals surface area contributed by atoms with Gasteiger partial charge in [0.1, 0.15) is 11.4 Å². The average Bonchev–Trinajstić information content (AvgIpc) is 3.01. The lowest BCUT2D eigenvalue weighted by atomic mass is 10.1. The number of rotatable bonds is 5. The van der Waals surface area contributed by atoms with Crippen LogP contribution in [0.5, 0.6) is 0 Å². The first-order chi connectivity index (χ1) is 13.1. The predicted molar refractivity (Wildman–Crippen MR) is 97.5 cm³/mol. The highest BCUT2D eigenvalue weighted by molar-refractivity contribution is 7.89. The summed E-state index contributed by atoms with van der Waals surface area (Å²) in [6, 6.07) is 6.12. The zero-order chi connectivity index (χ0) is 20.5. The number of carbonyl (C=O) groups is 1. The number of piperazine rings is 1. The molecule has 1 amide bonds. The van der Waals surface area contributed by atoms with E-state index in [9.17, 15) is 26.4 Å². The summed E-state index contributed by atoms with van der Waals surface area (Å²) in [7, 11) is -2.26. The van der Waals surface area contributed by atoms with Crippen LogP contribution >= 0.6 is 0 Å². The number of para-hydroxylation sites is 1. The molecule has 1 aromatic rings. The maximum absolute atomic E-state index is 12.6. The Labute approximate surface area is 162 Å². The number of sulfonamides is 1. The highest BCUT2D eigenvalue weighted by Gasteiger charge is 2.42. The Hall–Kier alpha value is -1.85. The standard InChI is InChI=1S/C17H23F3N4O3S/c1-21-28(26,27)15-5-3-2-4-13(15)22-8-10-23(11-9-22)14-6-7-24(16(14)25)12-17(18,19)20/h2-5,14,21H,6-12H2,1H3. The van der Waals surface area contributed by atoms with Crippen molar-refractivity contribution in [3.05, 3.63) is 24.3 Å². The number of alkyl halides is 3. The fraction of sp³-hybridized carbons (Fsp3) is 0.588. The highest BCUT2D eigenvalue weighted by atomic mass is 32.2. The number of halogens is 3. The summed E-state index contributed by atoms with van der Waals surface area (Å²) < 4.78 is 64.5. The molecule has 0 radical (unpaired) electrons. The van der Waals surface area contributed by atoms with E-state index < -0.39 is 34.7 Å². The maximum atomic E-state index is 12.6. The van der Waals surface area contributed by atoms with Gasteiger partial charge in [-0.1, -0.05) is 12.1 Å². The molecule has 1 atom stereocenters. The monoisotopic (exact) mass is 420 g/mol. The number of nitrogens with one attached hydrogen (secondary N) is 1. The van der Waals surface area contributed by atoms with Crippen LogP contribution in [-0.2, 0) is 14.8 Å². The van der Waals surface area contributed by atoms with Gasteiger partial charge in [-0.05, 0) is 25.6 Å². The Morgan fingerprint density at radius 1 is 1.11 bits per heavy atom. The number of benzene rings is 1. The number of nitrogens with zero attached hydrogens (tertiary/aromatic N) is 3. The lowest BCUT2D eigenvalue weighted by Crippen LogP contribution is -2.53. The zero-order valence-electron chi connectivity index (χ0n) is 15.4. The summed E-state index contributed by atoms with van der Waals surface area (Å²) in [4.78, 5) is 17.2. The Kier molecular flexibility index (Phi) is 5.87. The molecule has 0 saturated carbocycles. The molecule has 1 aromatic carbocycles. The number of anilines is 1. The van der Waals surface area contributed by atoms with E-state index in [0.717, 1.165) is 4.90 Å². The second-order valence-corrected chi connectivity index (χ2v) is 8.73. The molecular formula is C17H23F3N4O3S. The van der Waals surface area contributed by atoms with Gasteiger partial charge in [-0.25, -0.2) is 13.1 Å². The van der Waals surface area contributed by atoms with E-state index in [1.54, 1.807) is 18.2 Å². The topological polar surface area (TPSA) is 73.0 Å². The Bertz CT molecular complexity index is 823. The predicted octanol–water partition coefficient (Wildman–Crippen LogP) is 0.880. The lowest BCUT2D eigenvalue weighted by Gasteiger charge is -2.39. The van der Waals surface area contributed by atoms with Crippen molar-refractivity contribution in [2.24, 2.45) is 0 Å². The molecule has 2 fully saturated rings.